The van der Waals surface area contributed by atoms with E-state index in [0.717, 1.165) is 45.4 Å². The summed E-state index contributed by atoms with van der Waals surface area (Å²) in [7, 11) is 1.59. The van der Waals surface area contributed by atoms with Crippen molar-refractivity contribution in [3.05, 3.63) is 29.8 Å². The number of likely N-dealkylation sites (tertiary alicyclic amines) is 1. The van der Waals surface area contributed by atoms with Crippen molar-refractivity contribution in [3.63, 3.8) is 0 Å². The van der Waals surface area contributed by atoms with Crippen molar-refractivity contribution in [2.45, 2.75) is 26.2 Å². The van der Waals surface area contributed by atoms with Crippen LogP contribution in [0, 0.1) is 17.8 Å². The topological polar surface area (TPSA) is 41.6 Å². The van der Waals surface area contributed by atoms with Crippen LogP contribution in [0.4, 0.5) is 0 Å². The van der Waals surface area contributed by atoms with Crippen molar-refractivity contribution in [2.24, 2.45) is 5.92 Å². The van der Waals surface area contributed by atoms with Crippen LogP contribution < -0.4 is 10.1 Å². The zero-order chi connectivity index (χ0) is 16.5. The molecule has 1 aromatic carbocycles. The standard InChI is InChI=1S/C19H26N2O2/c1-3-4-7-12-21-13-10-16(11-14-21)15-20-19(22)17-8-5-6-9-18(17)23-2/h5-6,8-9,16H,3,10-15H2,1-2H3,(H,20,22). The van der Waals surface area contributed by atoms with Gasteiger partial charge in [0.05, 0.1) is 19.2 Å². The Bertz CT molecular complexity index is 566. The Morgan fingerprint density at radius 3 is 2.74 bits per heavy atom. The molecular weight excluding hydrogens is 288 g/mol. The fourth-order valence-corrected chi connectivity index (χ4v) is 2.81. The van der Waals surface area contributed by atoms with Crippen LogP contribution in [0.1, 0.15) is 36.5 Å². The molecular formula is C19H26N2O2. The third-order valence-corrected chi connectivity index (χ3v) is 4.21. The van der Waals surface area contributed by atoms with Crippen molar-refractivity contribution in [2.75, 3.05) is 33.3 Å². The summed E-state index contributed by atoms with van der Waals surface area (Å²) in [5, 5.41) is 3.05. The number of hydrogen-bond donors (Lipinski definition) is 1. The number of nitrogens with one attached hydrogen (secondary N) is 1. The zero-order valence-electron chi connectivity index (χ0n) is 14.1. The van der Waals surface area contributed by atoms with Gasteiger partial charge in [-0.25, -0.2) is 0 Å². The van der Waals surface area contributed by atoms with Crippen LogP contribution in [0.15, 0.2) is 24.3 Å². The molecule has 0 saturated carbocycles. The van der Waals surface area contributed by atoms with Crippen LogP contribution in [-0.2, 0) is 0 Å². The maximum atomic E-state index is 12.3. The Balaban J connectivity index is 1.76. The molecule has 1 amide bonds. The summed E-state index contributed by atoms with van der Waals surface area (Å²) in [6.45, 7) is 5.80. The van der Waals surface area contributed by atoms with E-state index in [1.165, 1.54) is 0 Å². The van der Waals surface area contributed by atoms with Gasteiger partial charge in [0.15, 0.2) is 0 Å². The van der Waals surface area contributed by atoms with Crippen molar-refractivity contribution >= 4 is 5.91 Å². The number of carbonyl (C=O) groups is 1. The molecule has 4 nitrogen and oxygen atoms in total. The molecule has 1 saturated heterocycles. The number of nitrogens with zero attached hydrogens (tertiary/aromatic N) is 1. The van der Waals surface area contributed by atoms with E-state index in [1.54, 1.807) is 13.2 Å². The molecule has 0 atom stereocenters. The van der Waals surface area contributed by atoms with Crippen LogP contribution in [0.2, 0.25) is 0 Å². The minimum Gasteiger partial charge on any atom is -0.496 e. The Morgan fingerprint density at radius 2 is 2.04 bits per heavy atom. The molecule has 23 heavy (non-hydrogen) atoms. The summed E-state index contributed by atoms with van der Waals surface area (Å²) in [5.74, 6) is 7.42. The van der Waals surface area contributed by atoms with Gasteiger partial charge in [0.2, 0.25) is 0 Å². The number of ether oxygens (including phenoxy) is 1. The third-order valence-electron chi connectivity index (χ3n) is 4.21. The number of rotatable bonds is 5. The maximum Gasteiger partial charge on any atom is 0.255 e. The highest BCUT2D eigenvalue weighted by atomic mass is 16.5. The van der Waals surface area contributed by atoms with E-state index in [4.69, 9.17) is 4.74 Å². The average Bonchev–Trinajstić information content (AvgIpc) is 2.61. The largest absolute Gasteiger partial charge is 0.496 e. The van der Waals surface area contributed by atoms with E-state index in [0.29, 0.717) is 17.2 Å². The lowest BCUT2D eigenvalue weighted by atomic mass is 9.96. The molecule has 1 aromatic rings. The quantitative estimate of drug-likeness (QED) is 0.849. The van der Waals surface area contributed by atoms with Crippen molar-refractivity contribution < 1.29 is 9.53 Å². The molecule has 124 valence electrons. The first-order chi connectivity index (χ1) is 11.2. The average molecular weight is 314 g/mol. The Kier molecular flexibility index (Phi) is 6.96. The first-order valence-electron chi connectivity index (χ1n) is 8.34. The highest BCUT2D eigenvalue weighted by Gasteiger charge is 2.20. The van der Waals surface area contributed by atoms with Crippen LogP contribution in [0.5, 0.6) is 5.75 Å². The normalized spacial score (nSPS) is 15.6. The number of methoxy groups -OCH3 is 1. The SMILES string of the molecule is CCC#CCN1CCC(CNC(=O)c2ccccc2OC)CC1. The molecule has 1 N–H and O–H groups in total. The molecule has 0 unspecified atom stereocenters. The van der Waals surface area contributed by atoms with Gasteiger partial charge >= 0.3 is 0 Å². The van der Waals surface area contributed by atoms with E-state index in [9.17, 15) is 4.79 Å². The molecule has 1 aliphatic heterocycles. The van der Waals surface area contributed by atoms with Gasteiger partial charge < -0.3 is 10.1 Å². The van der Waals surface area contributed by atoms with Crippen molar-refractivity contribution in [3.8, 4) is 17.6 Å². The Labute approximate surface area is 139 Å². The molecule has 0 aliphatic carbocycles. The van der Waals surface area contributed by atoms with Gasteiger partial charge in [-0.1, -0.05) is 25.0 Å². The predicted molar refractivity (Wildman–Crippen MR) is 92.6 cm³/mol. The van der Waals surface area contributed by atoms with Gasteiger partial charge in [-0.3, -0.25) is 9.69 Å². The first-order valence-corrected chi connectivity index (χ1v) is 8.34. The second-order valence-electron chi connectivity index (χ2n) is 5.84. The van der Waals surface area contributed by atoms with E-state index >= 15 is 0 Å². The summed E-state index contributed by atoms with van der Waals surface area (Å²) in [4.78, 5) is 14.7. The number of hydrogen-bond acceptors (Lipinski definition) is 3. The molecule has 0 bridgehead atoms. The van der Waals surface area contributed by atoms with Crippen LogP contribution in [-0.4, -0.2) is 44.1 Å². The van der Waals surface area contributed by atoms with Crippen LogP contribution in [0.25, 0.3) is 0 Å². The highest BCUT2D eigenvalue weighted by molar-refractivity contribution is 5.96. The Morgan fingerprint density at radius 1 is 1.30 bits per heavy atom. The maximum absolute atomic E-state index is 12.3. The molecule has 1 heterocycles. The summed E-state index contributed by atoms with van der Waals surface area (Å²) in [6.07, 6.45) is 3.14. The molecule has 4 heteroatoms. The summed E-state index contributed by atoms with van der Waals surface area (Å²) in [6, 6.07) is 7.33. The fraction of sp³-hybridized carbons (Fsp3) is 0.526. The van der Waals surface area contributed by atoms with Crippen LogP contribution in [0.3, 0.4) is 0 Å². The number of para-hydroxylation sites is 1. The fourth-order valence-electron chi connectivity index (χ4n) is 2.81. The van der Waals surface area contributed by atoms with Gasteiger partial charge in [0.1, 0.15) is 5.75 Å². The number of benzene rings is 1. The van der Waals surface area contributed by atoms with E-state index in [-0.39, 0.29) is 5.91 Å². The number of amides is 1. The summed E-state index contributed by atoms with van der Waals surface area (Å²) in [5.41, 5.74) is 0.599. The van der Waals surface area contributed by atoms with Crippen molar-refractivity contribution in [1.29, 1.82) is 0 Å². The Hall–Kier alpha value is -1.99. The second kappa shape index (κ2) is 9.22. The molecule has 0 spiro atoms. The smallest absolute Gasteiger partial charge is 0.255 e. The lowest BCUT2D eigenvalue weighted by Gasteiger charge is -2.30. The highest BCUT2D eigenvalue weighted by Crippen LogP contribution is 2.19. The first kappa shape index (κ1) is 17.4. The third kappa shape index (κ3) is 5.30. The summed E-state index contributed by atoms with van der Waals surface area (Å²) >= 11 is 0. The minimum absolute atomic E-state index is 0.0568. The van der Waals surface area contributed by atoms with Crippen molar-refractivity contribution in [1.82, 2.24) is 10.2 Å². The lowest BCUT2D eigenvalue weighted by molar-refractivity contribution is 0.0935. The monoisotopic (exact) mass is 314 g/mol. The molecule has 2 rings (SSSR count). The van der Waals surface area contributed by atoms with Crippen LogP contribution >= 0.6 is 0 Å². The van der Waals surface area contributed by atoms with Gasteiger partial charge in [0.25, 0.3) is 5.91 Å². The van der Waals surface area contributed by atoms with Gasteiger partial charge in [-0.15, -0.1) is 5.92 Å². The second-order valence-corrected chi connectivity index (χ2v) is 5.84. The van der Waals surface area contributed by atoms with E-state index in [2.05, 4.69) is 29.0 Å². The molecule has 0 aromatic heterocycles. The predicted octanol–water partition coefficient (Wildman–Crippen LogP) is 2.55. The van der Waals surface area contributed by atoms with E-state index in [1.807, 2.05) is 18.2 Å². The van der Waals surface area contributed by atoms with Gasteiger partial charge in [-0.2, -0.15) is 0 Å². The number of piperidine rings is 1. The molecule has 0 radical (unpaired) electrons. The summed E-state index contributed by atoms with van der Waals surface area (Å²) < 4.78 is 5.24. The van der Waals surface area contributed by atoms with Gasteiger partial charge in [0, 0.05) is 13.0 Å². The molecule has 1 aliphatic rings. The number of carbonyl (C=O) groups excluding carboxylic acids is 1. The van der Waals surface area contributed by atoms with Gasteiger partial charge in [-0.05, 0) is 44.0 Å². The van der Waals surface area contributed by atoms with E-state index < -0.39 is 0 Å². The zero-order valence-corrected chi connectivity index (χ0v) is 14.1. The molecule has 1 fully saturated rings. The lowest BCUT2D eigenvalue weighted by Crippen LogP contribution is -2.38. The minimum atomic E-state index is -0.0568.